The van der Waals surface area contributed by atoms with Crippen molar-refractivity contribution >= 4 is 29.9 Å². The van der Waals surface area contributed by atoms with E-state index in [4.69, 9.17) is 0 Å². The molecule has 0 spiro atoms. The maximum atomic E-state index is 12.3. The number of hydrogen-bond donors (Lipinski definition) is 1. The average Bonchev–Trinajstić information content (AvgIpc) is 2.54. The van der Waals surface area contributed by atoms with Gasteiger partial charge >= 0.3 is 0 Å². The monoisotopic (exact) mass is 342 g/mol. The fraction of sp³-hybridized carbons (Fsp3) is 0.429. The number of carbonyl (C=O) groups excluding carboxylic acids is 2. The van der Waals surface area contributed by atoms with Gasteiger partial charge in [0, 0.05) is 50.9 Å². The number of amides is 2. The van der Waals surface area contributed by atoms with Gasteiger partial charge in [0.15, 0.2) is 0 Å². The molecule has 0 radical (unpaired) electrons. The molecule has 1 aliphatic rings. The van der Waals surface area contributed by atoms with Crippen LogP contribution < -0.4 is 5.32 Å². The third-order valence-electron chi connectivity index (χ3n) is 3.49. The van der Waals surface area contributed by atoms with Gasteiger partial charge in [-0.2, -0.15) is 0 Å². The number of piperazine rings is 1. The van der Waals surface area contributed by atoms with Crippen molar-refractivity contribution in [2.45, 2.75) is 0 Å². The number of nitro benzene ring substituents is 1. The fourth-order valence-electron chi connectivity index (χ4n) is 2.26. The summed E-state index contributed by atoms with van der Waals surface area (Å²) in [4.78, 5) is 37.5. The van der Waals surface area contributed by atoms with Gasteiger partial charge in [-0.1, -0.05) is 6.07 Å². The van der Waals surface area contributed by atoms with Crippen LogP contribution in [-0.4, -0.2) is 66.3 Å². The zero-order valence-corrected chi connectivity index (χ0v) is 13.5. The zero-order chi connectivity index (χ0) is 16.1. The number of rotatable bonds is 4. The number of carbonyl (C=O) groups is 2. The standard InChI is InChI=1S/C14H18N4O4.ClH/c1-16(10-13(19)17-7-5-15-6-8-17)14(20)11-3-2-4-12(9-11)18(21)22;/h2-4,9,15H,5-8,10H2,1H3;1H. The molecular weight excluding hydrogens is 324 g/mol. The lowest BCUT2D eigenvalue weighted by molar-refractivity contribution is -0.384. The van der Waals surface area contributed by atoms with Crippen molar-refractivity contribution in [2.24, 2.45) is 0 Å². The van der Waals surface area contributed by atoms with E-state index in [1.807, 2.05) is 0 Å². The average molecular weight is 343 g/mol. The maximum absolute atomic E-state index is 12.3. The van der Waals surface area contributed by atoms with Gasteiger partial charge in [-0.25, -0.2) is 0 Å². The van der Waals surface area contributed by atoms with Crippen molar-refractivity contribution in [3.05, 3.63) is 39.9 Å². The van der Waals surface area contributed by atoms with Crippen LogP contribution in [0.1, 0.15) is 10.4 Å². The molecule has 9 heteroatoms. The molecule has 2 rings (SSSR count). The van der Waals surface area contributed by atoms with Crippen molar-refractivity contribution in [1.82, 2.24) is 15.1 Å². The number of halogens is 1. The van der Waals surface area contributed by atoms with E-state index in [0.29, 0.717) is 13.1 Å². The Morgan fingerprint density at radius 3 is 2.61 bits per heavy atom. The second-order valence-electron chi connectivity index (χ2n) is 5.10. The summed E-state index contributed by atoms with van der Waals surface area (Å²) in [5, 5.41) is 13.9. The molecule has 0 atom stereocenters. The van der Waals surface area contributed by atoms with E-state index >= 15 is 0 Å². The van der Waals surface area contributed by atoms with E-state index in [1.54, 1.807) is 4.90 Å². The summed E-state index contributed by atoms with van der Waals surface area (Å²) < 4.78 is 0. The lowest BCUT2D eigenvalue weighted by Crippen LogP contribution is -2.49. The predicted octanol–water partition coefficient (Wildman–Crippen LogP) is 0.520. The molecule has 8 nitrogen and oxygen atoms in total. The lowest BCUT2D eigenvalue weighted by Gasteiger charge is -2.29. The molecule has 1 aliphatic heterocycles. The number of benzene rings is 1. The fourth-order valence-corrected chi connectivity index (χ4v) is 2.26. The molecule has 1 fully saturated rings. The highest BCUT2D eigenvalue weighted by atomic mass is 35.5. The number of nitro groups is 1. The van der Waals surface area contributed by atoms with Crippen LogP contribution in [0.3, 0.4) is 0 Å². The quantitative estimate of drug-likeness (QED) is 0.635. The van der Waals surface area contributed by atoms with Gasteiger partial charge in [-0.3, -0.25) is 19.7 Å². The molecule has 126 valence electrons. The first-order valence-corrected chi connectivity index (χ1v) is 6.97. The number of nitrogens with zero attached hydrogens (tertiary/aromatic N) is 3. The summed E-state index contributed by atoms with van der Waals surface area (Å²) in [6.07, 6.45) is 0. The van der Waals surface area contributed by atoms with E-state index in [-0.39, 0.29) is 36.1 Å². The highest BCUT2D eigenvalue weighted by Crippen LogP contribution is 2.14. The Morgan fingerprint density at radius 1 is 1.35 bits per heavy atom. The second kappa shape index (κ2) is 8.44. The van der Waals surface area contributed by atoms with Gasteiger partial charge in [0.1, 0.15) is 0 Å². The minimum absolute atomic E-state index is 0. The van der Waals surface area contributed by atoms with Crippen LogP contribution in [-0.2, 0) is 4.79 Å². The van der Waals surface area contributed by atoms with Gasteiger partial charge in [-0.05, 0) is 6.07 Å². The summed E-state index contributed by atoms with van der Waals surface area (Å²) in [7, 11) is 1.52. The summed E-state index contributed by atoms with van der Waals surface area (Å²) in [5.74, 6) is -0.532. The number of likely N-dealkylation sites (N-methyl/N-ethyl adjacent to an activating group) is 1. The first kappa shape index (κ1) is 18.9. The molecular formula is C14H19ClN4O4. The predicted molar refractivity (Wildman–Crippen MR) is 86.8 cm³/mol. The molecule has 1 heterocycles. The molecule has 1 aromatic rings. The van der Waals surface area contributed by atoms with Gasteiger partial charge < -0.3 is 15.1 Å². The molecule has 23 heavy (non-hydrogen) atoms. The van der Waals surface area contributed by atoms with Crippen molar-refractivity contribution in [3.8, 4) is 0 Å². The van der Waals surface area contributed by atoms with Crippen LogP contribution in [0, 0.1) is 10.1 Å². The molecule has 0 aromatic heterocycles. The molecule has 1 N–H and O–H groups in total. The topological polar surface area (TPSA) is 95.8 Å². The molecule has 0 saturated carbocycles. The maximum Gasteiger partial charge on any atom is 0.270 e. The Balaban J connectivity index is 0.00000264. The molecule has 0 aliphatic carbocycles. The second-order valence-corrected chi connectivity index (χ2v) is 5.10. The largest absolute Gasteiger partial charge is 0.339 e. The van der Waals surface area contributed by atoms with Crippen LogP contribution in [0.2, 0.25) is 0 Å². The van der Waals surface area contributed by atoms with Crippen LogP contribution in [0.5, 0.6) is 0 Å². The Labute approximate surface area is 140 Å². The molecule has 0 unspecified atom stereocenters. The Hall–Kier alpha value is -2.19. The van der Waals surface area contributed by atoms with Gasteiger partial charge in [-0.15, -0.1) is 12.4 Å². The van der Waals surface area contributed by atoms with Crippen LogP contribution >= 0.6 is 12.4 Å². The minimum atomic E-state index is -0.553. The van der Waals surface area contributed by atoms with Crippen LogP contribution in [0.15, 0.2) is 24.3 Å². The Bertz CT molecular complexity index is 590. The summed E-state index contributed by atoms with van der Waals surface area (Å²) in [6.45, 7) is 2.69. The normalized spacial score (nSPS) is 13.9. The highest BCUT2D eigenvalue weighted by molar-refractivity contribution is 5.96. The Morgan fingerprint density at radius 2 is 2.00 bits per heavy atom. The van der Waals surface area contributed by atoms with Crippen molar-refractivity contribution < 1.29 is 14.5 Å². The van der Waals surface area contributed by atoms with E-state index < -0.39 is 10.8 Å². The van der Waals surface area contributed by atoms with Gasteiger partial charge in [0.25, 0.3) is 11.6 Å². The number of nitrogens with one attached hydrogen (secondary N) is 1. The van der Waals surface area contributed by atoms with Crippen molar-refractivity contribution in [1.29, 1.82) is 0 Å². The van der Waals surface area contributed by atoms with Crippen molar-refractivity contribution in [3.63, 3.8) is 0 Å². The molecule has 1 saturated heterocycles. The molecule has 2 amide bonds. The van der Waals surface area contributed by atoms with E-state index in [1.165, 1.54) is 36.2 Å². The third-order valence-corrected chi connectivity index (χ3v) is 3.49. The molecule has 0 bridgehead atoms. The Kier molecular flexibility index (Phi) is 6.92. The van der Waals surface area contributed by atoms with E-state index in [0.717, 1.165) is 13.1 Å². The molecule has 1 aromatic carbocycles. The van der Waals surface area contributed by atoms with Crippen molar-refractivity contribution in [2.75, 3.05) is 39.8 Å². The summed E-state index contributed by atoms with van der Waals surface area (Å²) in [5.41, 5.74) is 0.0532. The lowest BCUT2D eigenvalue weighted by atomic mass is 10.2. The van der Waals surface area contributed by atoms with E-state index in [9.17, 15) is 19.7 Å². The third kappa shape index (κ3) is 4.90. The smallest absolute Gasteiger partial charge is 0.270 e. The van der Waals surface area contributed by atoms with Gasteiger partial charge in [0.2, 0.25) is 5.91 Å². The SMILES string of the molecule is CN(CC(=O)N1CCNCC1)C(=O)c1cccc([N+](=O)[O-])c1.Cl. The minimum Gasteiger partial charge on any atom is -0.339 e. The first-order valence-electron chi connectivity index (χ1n) is 6.97. The van der Waals surface area contributed by atoms with Crippen LogP contribution in [0.4, 0.5) is 5.69 Å². The zero-order valence-electron chi connectivity index (χ0n) is 12.7. The first-order chi connectivity index (χ1) is 10.5. The van der Waals surface area contributed by atoms with E-state index in [2.05, 4.69) is 5.32 Å². The summed E-state index contributed by atoms with van der Waals surface area (Å²) in [6, 6.07) is 5.50. The summed E-state index contributed by atoms with van der Waals surface area (Å²) >= 11 is 0. The van der Waals surface area contributed by atoms with Gasteiger partial charge in [0.05, 0.1) is 11.5 Å². The number of non-ortho nitro benzene ring substituents is 1. The number of hydrogen-bond acceptors (Lipinski definition) is 5. The highest BCUT2D eigenvalue weighted by Gasteiger charge is 2.21. The van der Waals surface area contributed by atoms with Crippen LogP contribution in [0.25, 0.3) is 0 Å².